The number of guanidine groups is 1. The van der Waals surface area contributed by atoms with E-state index in [1.807, 2.05) is 25.1 Å². The van der Waals surface area contributed by atoms with Gasteiger partial charge in [0.1, 0.15) is 11.5 Å². The van der Waals surface area contributed by atoms with Crippen molar-refractivity contribution in [3.8, 4) is 11.5 Å². The normalized spacial score (nSPS) is 16.1. The Labute approximate surface area is 212 Å². The fourth-order valence-corrected chi connectivity index (χ4v) is 3.82. The summed E-state index contributed by atoms with van der Waals surface area (Å²) in [5.74, 6) is 1.94. The molecule has 1 heterocycles. The van der Waals surface area contributed by atoms with Gasteiger partial charge in [0.2, 0.25) is 5.91 Å². The number of carbonyl (C=O) groups excluding carboxylic acids is 1. The van der Waals surface area contributed by atoms with Crippen LogP contribution in [-0.4, -0.2) is 56.7 Å². The van der Waals surface area contributed by atoms with E-state index in [2.05, 4.69) is 27.7 Å². The summed E-state index contributed by atoms with van der Waals surface area (Å²) in [5.41, 5.74) is 7.98. The lowest BCUT2D eigenvalue weighted by Crippen LogP contribution is -2.44. The largest absolute Gasteiger partial charge is 0.497 e. The summed E-state index contributed by atoms with van der Waals surface area (Å²) in [7, 11) is 3.33. The number of methoxy groups -OCH3 is 2. The lowest BCUT2D eigenvalue weighted by Gasteiger charge is -2.19. The molecule has 2 aromatic carbocycles. The minimum Gasteiger partial charge on any atom is -0.497 e. The van der Waals surface area contributed by atoms with Crippen LogP contribution in [0.3, 0.4) is 0 Å². The van der Waals surface area contributed by atoms with Crippen molar-refractivity contribution in [1.29, 1.82) is 0 Å². The van der Waals surface area contributed by atoms with E-state index in [0.29, 0.717) is 18.2 Å². The molecule has 4 N–H and O–H groups in total. The van der Waals surface area contributed by atoms with Crippen LogP contribution in [0.15, 0.2) is 47.5 Å². The molecule has 9 heteroatoms. The van der Waals surface area contributed by atoms with Crippen LogP contribution in [0.2, 0.25) is 0 Å². The van der Waals surface area contributed by atoms with E-state index < -0.39 is 5.91 Å². The second-order valence-corrected chi connectivity index (χ2v) is 7.85. The minimum absolute atomic E-state index is 0. The number of primary amides is 1. The van der Waals surface area contributed by atoms with E-state index in [9.17, 15) is 4.79 Å². The molecule has 8 nitrogen and oxygen atoms in total. The van der Waals surface area contributed by atoms with E-state index >= 15 is 0 Å². The lowest BCUT2D eigenvalue weighted by molar-refractivity contribution is 0.1000. The zero-order valence-corrected chi connectivity index (χ0v) is 21.8. The molecular formula is C24H34IN5O3. The van der Waals surface area contributed by atoms with Crippen molar-refractivity contribution in [3.63, 3.8) is 0 Å². The van der Waals surface area contributed by atoms with Gasteiger partial charge in [0.05, 0.1) is 20.8 Å². The number of nitrogens with zero attached hydrogens (tertiary/aromatic N) is 2. The van der Waals surface area contributed by atoms with Gasteiger partial charge in [-0.15, -0.1) is 24.0 Å². The Kier molecular flexibility index (Phi) is 10.7. The molecule has 1 aliphatic rings. The molecule has 1 aliphatic heterocycles. The highest BCUT2D eigenvalue weighted by molar-refractivity contribution is 14.0. The summed E-state index contributed by atoms with van der Waals surface area (Å²) < 4.78 is 10.8. The standard InChI is InChI=1S/C24H33N5O3.HI/c1-4-26-24(27-14-17-6-5-7-19(10-17)23(25)30)28-20-8-9-29(16-20)15-18-11-21(31-2)13-22(12-18)32-3;/h5-7,10-13,20H,4,8-9,14-16H2,1-3H3,(H2,25,30)(H2,26,27,28);1H. The molecule has 0 spiro atoms. The topological polar surface area (TPSA) is 101 Å². The summed E-state index contributed by atoms with van der Waals surface area (Å²) in [6.07, 6.45) is 1.03. The number of amides is 1. The van der Waals surface area contributed by atoms with Crippen molar-refractivity contribution < 1.29 is 14.3 Å². The van der Waals surface area contributed by atoms with Crippen molar-refractivity contribution in [2.45, 2.75) is 32.5 Å². The highest BCUT2D eigenvalue weighted by atomic mass is 127. The summed E-state index contributed by atoms with van der Waals surface area (Å²) in [6, 6.07) is 13.6. The number of aliphatic imine (C=N–C) groups is 1. The highest BCUT2D eigenvalue weighted by Crippen LogP contribution is 2.24. The first kappa shape index (κ1) is 26.7. The Morgan fingerprint density at radius 3 is 2.52 bits per heavy atom. The molecule has 0 saturated carbocycles. The molecule has 0 aliphatic carbocycles. The van der Waals surface area contributed by atoms with Crippen LogP contribution in [-0.2, 0) is 13.1 Å². The summed E-state index contributed by atoms with van der Waals surface area (Å²) in [4.78, 5) is 18.5. The molecule has 2 aromatic rings. The molecule has 0 aromatic heterocycles. The van der Waals surface area contributed by atoms with Crippen LogP contribution in [0, 0.1) is 0 Å². The average molecular weight is 567 g/mol. The Balaban J connectivity index is 0.00000385. The van der Waals surface area contributed by atoms with Crippen LogP contribution < -0.4 is 25.8 Å². The van der Waals surface area contributed by atoms with Crippen molar-refractivity contribution in [3.05, 3.63) is 59.2 Å². The van der Waals surface area contributed by atoms with E-state index in [4.69, 9.17) is 20.2 Å². The molecule has 1 unspecified atom stereocenters. The predicted molar refractivity (Wildman–Crippen MR) is 142 cm³/mol. The maximum absolute atomic E-state index is 11.4. The van der Waals surface area contributed by atoms with E-state index in [-0.39, 0.29) is 24.0 Å². The van der Waals surface area contributed by atoms with Crippen LogP contribution in [0.4, 0.5) is 0 Å². The van der Waals surface area contributed by atoms with Gasteiger partial charge in [-0.2, -0.15) is 0 Å². The van der Waals surface area contributed by atoms with Crippen molar-refractivity contribution in [2.75, 3.05) is 33.9 Å². The fraction of sp³-hybridized carbons (Fsp3) is 0.417. The molecule has 180 valence electrons. The van der Waals surface area contributed by atoms with Crippen LogP contribution in [0.1, 0.15) is 34.8 Å². The molecule has 3 rings (SSSR count). The van der Waals surface area contributed by atoms with E-state index in [1.54, 1.807) is 26.4 Å². The fourth-order valence-electron chi connectivity index (χ4n) is 3.82. The third-order valence-corrected chi connectivity index (χ3v) is 5.41. The van der Waals surface area contributed by atoms with Crippen molar-refractivity contribution >= 4 is 35.8 Å². The van der Waals surface area contributed by atoms with Crippen molar-refractivity contribution in [1.82, 2.24) is 15.5 Å². The number of nitrogens with two attached hydrogens (primary N) is 1. The molecule has 1 fully saturated rings. The molecule has 0 radical (unpaired) electrons. The van der Waals surface area contributed by atoms with Gasteiger partial charge in [-0.1, -0.05) is 12.1 Å². The number of hydrogen-bond acceptors (Lipinski definition) is 5. The number of benzene rings is 2. The van der Waals surface area contributed by atoms with E-state index in [0.717, 1.165) is 61.2 Å². The quantitative estimate of drug-likeness (QED) is 0.245. The second kappa shape index (κ2) is 13.2. The first-order valence-electron chi connectivity index (χ1n) is 10.9. The van der Waals surface area contributed by atoms with Gasteiger partial charge >= 0.3 is 0 Å². The Hall–Kier alpha value is -2.53. The molecule has 33 heavy (non-hydrogen) atoms. The Morgan fingerprint density at radius 2 is 1.88 bits per heavy atom. The SMILES string of the molecule is CCNC(=NCc1cccc(C(N)=O)c1)NC1CCN(Cc2cc(OC)cc(OC)c2)C1.I. The van der Waals surface area contributed by atoms with Crippen LogP contribution in [0.5, 0.6) is 11.5 Å². The third kappa shape index (κ3) is 8.08. The molecule has 1 amide bonds. The molecule has 0 bridgehead atoms. The predicted octanol–water partition coefficient (Wildman–Crippen LogP) is 2.75. The van der Waals surface area contributed by atoms with Gasteiger partial charge in [0.25, 0.3) is 0 Å². The Bertz CT molecular complexity index is 931. The summed E-state index contributed by atoms with van der Waals surface area (Å²) in [5, 5.41) is 6.85. The number of nitrogens with one attached hydrogen (secondary N) is 2. The maximum atomic E-state index is 11.4. The van der Waals surface area contributed by atoms with Gasteiger partial charge in [-0.3, -0.25) is 9.69 Å². The zero-order chi connectivity index (χ0) is 22.9. The minimum atomic E-state index is -0.430. The van der Waals surface area contributed by atoms with Gasteiger partial charge in [0, 0.05) is 43.9 Å². The first-order chi connectivity index (χ1) is 15.5. The number of carbonyl (C=O) groups is 1. The van der Waals surface area contributed by atoms with Crippen LogP contribution in [0.25, 0.3) is 0 Å². The van der Waals surface area contributed by atoms with Gasteiger partial charge in [0.15, 0.2) is 5.96 Å². The smallest absolute Gasteiger partial charge is 0.248 e. The number of rotatable bonds is 9. The maximum Gasteiger partial charge on any atom is 0.248 e. The average Bonchev–Trinajstić information content (AvgIpc) is 3.24. The van der Waals surface area contributed by atoms with Crippen molar-refractivity contribution in [2.24, 2.45) is 10.7 Å². The summed E-state index contributed by atoms with van der Waals surface area (Å²) in [6.45, 7) is 6.03. The second-order valence-electron chi connectivity index (χ2n) is 7.85. The highest BCUT2D eigenvalue weighted by Gasteiger charge is 2.23. The number of ether oxygens (including phenoxy) is 2. The van der Waals surface area contributed by atoms with Gasteiger partial charge in [-0.25, -0.2) is 4.99 Å². The third-order valence-electron chi connectivity index (χ3n) is 5.41. The summed E-state index contributed by atoms with van der Waals surface area (Å²) >= 11 is 0. The lowest BCUT2D eigenvalue weighted by atomic mass is 10.1. The van der Waals surface area contributed by atoms with E-state index in [1.165, 1.54) is 0 Å². The van der Waals surface area contributed by atoms with Gasteiger partial charge < -0.3 is 25.8 Å². The number of hydrogen-bond donors (Lipinski definition) is 3. The van der Waals surface area contributed by atoms with Gasteiger partial charge in [-0.05, 0) is 48.7 Å². The molecule has 1 atom stereocenters. The molecule has 1 saturated heterocycles. The Morgan fingerprint density at radius 1 is 1.15 bits per heavy atom. The number of likely N-dealkylation sites (tertiary alicyclic amines) is 1. The first-order valence-corrected chi connectivity index (χ1v) is 10.9. The monoisotopic (exact) mass is 567 g/mol. The molecular weight excluding hydrogens is 533 g/mol. The zero-order valence-electron chi connectivity index (χ0n) is 19.5. The number of halogens is 1. The van der Waals surface area contributed by atoms with Crippen LogP contribution >= 0.6 is 24.0 Å².